The zero-order chi connectivity index (χ0) is 24.6. The zero-order valence-electron chi connectivity index (χ0n) is 18.5. The fourth-order valence-corrected chi connectivity index (χ4v) is 4.17. The largest absolute Gasteiger partial charge is 0.416 e. The fraction of sp³-hybridized carbons (Fsp3) is 0.250. The van der Waals surface area contributed by atoms with Gasteiger partial charge in [0.25, 0.3) is 5.91 Å². The van der Waals surface area contributed by atoms with Crippen molar-refractivity contribution < 1.29 is 18.0 Å². The molecule has 1 saturated heterocycles. The SMILES string of the molecule is Nc1nc(C2CCNCC2)nc2n[nH]c(-c3ccc(NC(=O)c4ccc(C(F)(F)F)cc4)cc3)c12. The second-order valence-electron chi connectivity index (χ2n) is 8.40. The number of H-pyrrole nitrogens is 1. The van der Waals surface area contributed by atoms with Gasteiger partial charge in [-0.05, 0) is 62.3 Å². The van der Waals surface area contributed by atoms with Crippen LogP contribution in [0.5, 0.6) is 0 Å². The lowest BCUT2D eigenvalue weighted by Gasteiger charge is -2.21. The second-order valence-corrected chi connectivity index (χ2v) is 8.40. The van der Waals surface area contributed by atoms with Crippen molar-refractivity contribution in [2.75, 3.05) is 24.1 Å². The first-order chi connectivity index (χ1) is 16.8. The Morgan fingerprint density at radius 3 is 2.34 bits per heavy atom. The number of piperidine rings is 1. The number of benzene rings is 2. The van der Waals surface area contributed by atoms with Gasteiger partial charge >= 0.3 is 6.18 Å². The molecule has 1 aliphatic rings. The zero-order valence-corrected chi connectivity index (χ0v) is 18.5. The number of carbonyl (C=O) groups excluding carboxylic acids is 1. The third kappa shape index (κ3) is 4.67. The summed E-state index contributed by atoms with van der Waals surface area (Å²) in [6.45, 7) is 1.83. The number of nitrogens with two attached hydrogens (primary N) is 1. The quantitative estimate of drug-likeness (QED) is 0.344. The molecular weight excluding hydrogens is 459 g/mol. The van der Waals surface area contributed by atoms with Gasteiger partial charge in [-0.25, -0.2) is 9.97 Å². The molecule has 1 aliphatic heterocycles. The van der Waals surface area contributed by atoms with Crippen LogP contribution in [-0.4, -0.2) is 39.2 Å². The predicted molar refractivity (Wildman–Crippen MR) is 126 cm³/mol. The lowest BCUT2D eigenvalue weighted by atomic mass is 9.97. The number of amides is 1. The Kier molecular flexibility index (Phi) is 5.85. The van der Waals surface area contributed by atoms with E-state index in [2.05, 4.69) is 30.8 Å². The van der Waals surface area contributed by atoms with Crippen molar-refractivity contribution in [3.8, 4) is 11.3 Å². The van der Waals surface area contributed by atoms with Gasteiger partial charge in [0.15, 0.2) is 5.65 Å². The highest BCUT2D eigenvalue weighted by atomic mass is 19.4. The first-order valence-electron chi connectivity index (χ1n) is 11.1. The van der Waals surface area contributed by atoms with Crippen molar-refractivity contribution >= 4 is 28.4 Å². The third-order valence-corrected chi connectivity index (χ3v) is 6.07. The molecule has 8 nitrogen and oxygen atoms in total. The van der Waals surface area contributed by atoms with Crippen LogP contribution in [0, 0.1) is 0 Å². The minimum atomic E-state index is -4.45. The van der Waals surface area contributed by atoms with E-state index in [-0.39, 0.29) is 11.5 Å². The molecule has 35 heavy (non-hydrogen) atoms. The molecule has 5 rings (SSSR count). The Morgan fingerprint density at radius 2 is 1.69 bits per heavy atom. The van der Waals surface area contributed by atoms with Crippen LogP contribution in [0.15, 0.2) is 48.5 Å². The van der Waals surface area contributed by atoms with Crippen LogP contribution < -0.4 is 16.4 Å². The summed E-state index contributed by atoms with van der Waals surface area (Å²) in [4.78, 5) is 21.6. The van der Waals surface area contributed by atoms with Crippen molar-refractivity contribution in [3.05, 3.63) is 65.5 Å². The molecule has 2 aromatic carbocycles. The topological polar surface area (TPSA) is 122 Å². The van der Waals surface area contributed by atoms with Crippen LogP contribution in [0.2, 0.25) is 0 Å². The molecule has 11 heteroatoms. The molecule has 1 fully saturated rings. The summed E-state index contributed by atoms with van der Waals surface area (Å²) < 4.78 is 38.2. The summed E-state index contributed by atoms with van der Waals surface area (Å²) in [5, 5.41) is 13.9. The van der Waals surface area contributed by atoms with Crippen molar-refractivity contribution in [1.29, 1.82) is 0 Å². The van der Waals surface area contributed by atoms with Gasteiger partial charge in [0.2, 0.25) is 0 Å². The second kappa shape index (κ2) is 8.99. The number of aromatic nitrogens is 4. The maximum Gasteiger partial charge on any atom is 0.416 e. The number of hydrogen-bond donors (Lipinski definition) is 4. The number of hydrogen-bond acceptors (Lipinski definition) is 6. The lowest BCUT2D eigenvalue weighted by Crippen LogP contribution is -2.27. The minimum Gasteiger partial charge on any atom is -0.383 e. The first-order valence-corrected chi connectivity index (χ1v) is 11.1. The smallest absolute Gasteiger partial charge is 0.383 e. The van der Waals surface area contributed by atoms with E-state index in [1.54, 1.807) is 24.3 Å². The number of alkyl halides is 3. The molecule has 1 amide bonds. The summed E-state index contributed by atoms with van der Waals surface area (Å²) in [5.41, 5.74) is 8.02. The number of anilines is 2. The highest BCUT2D eigenvalue weighted by Crippen LogP contribution is 2.32. The Balaban J connectivity index is 1.34. The molecule has 0 atom stereocenters. The van der Waals surface area contributed by atoms with Gasteiger partial charge in [0, 0.05) is 22.7 Å². The number of nitrogens with zero attached hydrogens (tertiary/aromatic N) is 3. The molecule has 0 bridgehead atoms. The molecule has 4 aromatic rings. The lowest BCUT2D eigenvalue weighted by molar-refractivity contribution is -0.137. The van der Waals surface area contributed by atoms with E-state index < -0.39 is 17.6 Å². The molecule has 0 saturated carbocycles. The summed E-state index contributed by atoms with van der Waals surface area (Å²) in [6.07, 6.45) is -2.56. The van der Waals surface area contributed by atoms with Crippen molar-refractivity contribution in [2.24, 2.45) is 0 Å². The maximum absolute atomic E-state index is 12.7. The van der Waals surface area contributed by atoms with Gasteiger partial charge in [-0.3, -0.25) is 9.89 Å². The van der Waals surface area contributed by atoms with Gasteiger partial charge < -0.3 is 16.4 Å². The number of nitrogen functional groups attached to an aromatic ring is 1. The number of halogens is 3. The van der Waals surface area contributed by atoms with E-state index in [9.17, 15) is 18.0 Å². The number of fused-ring (bicyclic) bond motifs is 1. The van der Waals surface area contributed by atoms with Crippen LogP contribution in [0.25, 0.3) is 22.3 Å². The van der Waals surface area contributed by atoms with Gasteiger partial charge in [0.1, 0.15) is 11.6 Å². The van der Waals surface area contributed by atoms with Crippen LogP contribution in [0.4, 0.5) is 24.7 Å². The average molecular weight is 481 g/mol. The highest BCUT2D eigenvalue weighted by Gasteiger charge is 2.30. The Labute approximate surface area is 198 Å². The van der Waals surface area contributed by atoms with E-state index in [0.29, 0.717) is 34.1 Å². The number of rotatable bonds is 4. The molecule has 0 aliphatic carbocycles. The van der Waals surface area contributed by atoms with Gasteiger partial charge in [0.05, 0.1) is 16.6 Å². The Bertz CT molecular complexity index is 1360. The van der Waals surface area contributed by atoms with Gasteiger partial charge in [-0.15, -0.1) is 0 Å². The summed E-state index contributed by atoms with van der Waals surface area (Å²) in [7, 11) is 0. The first kappa shape index (κ1) is 22.8. The Hall–Kier alpha value is -3.99. The molecule has 5 N–H and O–H groups in total. The molecule has 180 valence electrons. The highest BCUT2D eigenvalue weighted by molar-refractivity contribution is 6.04. The van der Waals surface area contributed by atoms with Crippen LogP contribution >= 0.6 is 0 Å². The predicted octanol–water partition coefficient (Wildman–Crippen LogP) is 4.34. The van der Waals surface area contributed by atoms with E-state index in [0.717, 1.165) is 55.8 Å². The number of carbonyl (C=O) groups is 1. The Morgan fingerprint density at radius 1 is 1.00 bits per heavy atom. The summed E-state index contributed by atoms with van der Waals surface area (Å²) in [6, 6.07) is 11.0. The van der Waals surface area contributed by atoms with Gasteiger partial charge in [-0.1, -0.05) is 12.1 Å². The van der Waals surface area contributed by atoms with E-state index in [1.807, 2.05) is 0 Å². The van der Waals surface area contributed by atoms with E-state index >= 15 is 0 Å². The summed E-state index contributed by atoms with van der Waals surface area (Å²) >= 11 is 0. The van der Waals surface area contributed by atoms with Gasteiger partial charge in [-0.2, -0.15) is 18.3 Å². The fourth-order valence-electron chi connectivity index (χ4n) is 4.17. The molecule has 0 spiro atoms. The monoisotopic (exact) mass is 481 g/mol. The minimum absolute atomic E-state index is 0.121. The molecule has 0 unspecified atom stereocenters. The summed E-state index contributed by atoms with van der Waals surface area (Å²) in [5.74, 6) is 0.792. The average Bonchev–Trinajstić information content (AvgIpc) is 3.29. The standard InChI is InChI=1S/C24H22F3N7O/c25-24(26,27)16-5-1-15(2-6-16)23(35)30-17-7-3-13(4-8-17)19-18-20(28)31-21(32-22(18)34-33-19)14-9-11-29-12-10-14/h1-8,14,29H,9-12H2,(H,30,35)(H3,28,31,32,33,34). The third-order valence-electron chi connectivity index (χ3n) is 6.07. The van der Waals surface area contributed by atoms with Crippen LogP contribution in [-0.2, 0) is 6.18 Å². The molecule has 3 heterocycles. The maximum atomic E-state index is 12.7. The number of aromatic amines is 1. The van der Waals surface area contributed by atoms with Crippen molar-refractivity contribution in [1.82, 2.24) is 25.5 Å². The molecule has 0 radical (unpaired) electrons. The normalized spacial score (nSPS) is 14.8. The molecule has 2 aromatic heterocycles. The van der Waals surface area contributed by atoms with Crippen LogP contribution in [0.1, 0.15) is 40.5 Å². The van der Waals surface area contributed by atoms with Crippen LogP contribution in [0.3, 0.4) is 0 Å². The van der Waals surface area contributed by atoms with Crippen molar-refractivity contribution in [2.45, 2.75) is 24.9 Å². The number of nitrogens with one attached hydrogen (secondary N) is 3. The van der Waals surface area contributed by atoms with E-state index in [4.69, 9.17) is 5.73 Å². The van der Waals surface area contributed by atoms with E-state index in [1.165, 1.54) is 0 Å². The van der Waals surface area contributed by atoms with Crippen molar-refractivity contribution in [3.63, 3.8) is 0 Å². The molecular formula is C24H22F3N7O.